The molecule has 1 aromatic heterocycles. The number of pyridine rings is 1. The van der Waals surface area contributed by atoms with Crippen molar-refractivity contribution in [1.82, 2.24) is 9.71 Å². The smallest absolute Gasteiger partial charge is 0.355 e. The molecule has 1 aliphatic rings. The first-order valence-corrected chi connectivity index (χ1v) is 10.6. The van der Waals surface area contributed by atoms with Gasteiger partial charge in [-0.05, 0) is 61.9 Å². The Hall–Kier alpha value is -1.99. The number of rotatable bonds is 8. The molecule has 0 aliphatic heterocycles. The third kappa shape index (κ3) is 5.38. The highest BCUT2D eigenvalue weighted by Gasteiger charge is 2.31. The standard InChI is InChI=1S/C23H28F3N3S/c1-15(2)20-8-6-18-5-4-17(12-21(18)20)10-11-29(14-16(3)28-30)22-9-7-19(13-27-22)23(24,25)26/h4-5,7,9,12-13,16,20,28,30H,1,6,8,10-11,14H2,2-3H3. The molecule has 1 heterocycles. The van der Waals surface area contributed by atoms with Gasteiger partial charge in [-0.2, -0.15) is 13.2 Å². The van der Waals surface area contributed by atoms with Crippen LogP contribution in [0.4, 0.5) is 19.0 Å². The topological polar surface area (TPSA) is 28.2 Å². The number of anilines is 1. The van der Waals surface area contributed by atoms with Gasteiger partial charge in [0, 0.05) is 31.2 Å². The van der Waals surface area contributed by atoms with Gasteiger partial charge in [0.15, 0.2) is 0 Å². The second-order valence-corrected chi connectivity index (χ2v) is 8.36. The average molecular weight is 436 g/mol. The van der Waals surface area contributed by atoms with E-state index < -0.39 is 11.7 Å². The molecule has 2 unspecified atom stereocenters. The number of allylic oxidation sites excluding steroid dienone is 1. The average Bonchev–Trinajstić information content (AvgIpc) is 3.14. The Labute approximate surface area is 181 Å². The summed E-state index contributed by atoms with van der Waals surface area (Å²) in [5.74, 6) is 0.945. The number of halogens is 3. The summed E-state index contributed by atoms with van der Waals surface area (Å²) in [5.41, 5.74) is 4.42. The van der Waals surface area contributed by atoms with E-state index in [1.54, 1.807) is 0 Å². The second kappa shape index (κ2) is 9.43. The lowest BCUT2D eigenvalue weighted by molar-refractivity contribution is -0.137. The Morgan fingerprint density at radius 2 is 2.10 bits per heavy atom. The molecule has 0 amide bonds. The summed E-state index contributed by atoms with van der Waals surface area (Å²) < 4.78 is 41.5. The molecule has 0 saturated heterocycles. The van der Waals surface area contributed by atoms with E-state index in [-0.39, 0.29) is 6.04 Å². The first kappa shape index (κ1) is 22.7. The quantitative estimate of drug-likeness (QED) is 0.419. The summed E-state index contributed by atoms with van der Waals surface area (Å²) >= 11 is 4.11. The number of nitrogens with zero attached hydrogens (tertiary/aromatic N) is 2. The maximum Gasteiger partial charge on any atom is 0.417 e. The number of thiol groups is 1. The molecule has 3 rings (SSSR count). The molecule has 0 saturated carbocycles. The third-order valence-corrected chi connectivity index (χ3v) is 6.11. The van der Waals surface area contributed by atoms with E-state index in [4.69, 9.17) is 0 Å². The van der Waals surface area contributed by atoms with Crippen molar-refractivity contribution in [3.8, 4) is 0 Å². The van der Waals surface area contributed by atoms with Gasteiger partial charge >= 0.3 is 6.18 Å². The maximum absolute atomic E-state index is 12.9. The van der Waals surface area contributed by atoms with E-state index in [2.05, 4.69) is 54.2 Å². The highest BCUT2D eigenvalue weighted by atomic mass is 32.1. The van der Waals surface area contributed by atoms with Crippen molar-refractivity contribution in [3.63, 3.8) is 0 Å². The van der Waals surface area contributed by atoms with Gasteiger partial charge < -0.3 is 4.90 Å². The largest absolute Gasteiger partial charge is 0.417 e. The Balaban J connectivity index is 1.76. The fraction of sp³-hybridized carbons (Fsp3) is 0.435. The molecule has 1 N–H and O–H groups in total. The number of aromatic nitrogens is 1. The molecule has 30 heavy (non-hydrogen) atoms. The van der Waals surface area contributed by atoms with Crippen LogP contribution >= 0.6 is 12.8 Å². The van der Waals surface area contributed by atoms with Gasteiger partial charge in [0.2, 0.25) is 0 Å². The van der Waals surface area contributed by atoms with Gasteiger partial charge in [-0.15, -0.1) is 0 Å². The van der Waals surface area contributed by atoms with Crippen molar-refractivity contribution in [3.05, 3.63) is 70.9 Å². The van der Waals surface area contributed by atoms with Crippen LogP contribution in [0.5, 0.6) is 0 Å². The SMILES string of the molecule is C=C(C)C1CCc2ccc(CCN(CC(C)NS)c3ccc(C(F)(F)F)cn3)cc21. The number of benzene rings is 1. The minimum absolute atomic E-state index is 0.0465. The second-order valence-electron chi connectivity index (χ2n) is 8.10. The fourth-order valence-corrected chi connectivity index (χ4v) is 4.08. The predicted molar refractivity (Wildman–Crippen MR) is 119 cm³/mol. The Kier molecular flexibility index (Phi) is 7.14. The van der Waals surface area contributed by atoms with Gasteiger partial charge in [0.1, 0.15) is 5.82 Å². The summed E-state index contributed by atoms with van der Waals surface area (Å²) in [6.45, 7) is 9.42. The summed E-state index contributed by atoms with van der Waals surface area (Å²) in [5, 5.41) is 0. The molecule has 2 aromatic rings. The van der Waals surface area contributed by atoms with Crippen LogP contribution in [0.15, 0.2) is 48.7 Å². The maximum atomic E-state index is 12.9. The van der Waals surface area contributed by atoms with Crippen molar-refractivity contribution in [2.45, 2.75) is 51.2 Å². The minimum atomic E-state index is -4.39. The number of fused-ring (bicyclic) bond motifs is 1. The number of hydrogen-bond donors (Lipinski definition) is 2. The first-order valence-electron chi connectivity index (χ1n) is 10.1. The highest BCUT2D eigenvalue weighted by molar-refractivity contribution is 7.78. The molecule has 7 heteroatoms. The molecule has 3 nitrogen and oxygen atoms in total. The molecule has 2 atom stereocenters. The molecule has 1 aliphatic carbocycles. The fourth-order valence-electron chi connectivity index (χ4n) is 3.99. The van der Waals surface area contributed by atoms with Gasteiger partial charge in [-0.1, -0.05) is 43.2 Å². The van der Waals surface area contributed by atoms with Crippen LogP contribution < -0.4 is 9.62 Å². The van der Waals surface area contributed by atoms with Gasteiger partial charge in [0.25, 0.3) is 0 Å². The summed E-state index contributed by atoms with van der Waals surface area (Å²) in [4.78, 5) is 6.08. The number of hydrogen-bond acceptors (Lipinski definition) is 4. The normalized spacial score (nSPS) is 16.9. The van der Waals surface area contributed by atoms with Gasteiger partial charge in [0.05, 0.1) is 5.56 Å². The van der Waals surface area contributed by atoms with Gasteiger partial charge in [-0.3, -0.25) is 4.72 Å². The van der Waals surface area contributed by atoms with E-state index in [0.29, 0.717) is 24.8 Å². The third-order valence-electron chi connectivity index (χ3n) is 5.67. The van der Waals surface area contributed by atoms with Crippen molar-refractivity contribution < 1.29 is 13.2 Å². The highest BCUT2D eigenvalue weighted by Crippen LogP contribution is 2.38. The number of alkyl halides is 3. The van der Waals surface area contributed by atoms with E-state index in [9.17, 15) is 13.2 Å². The van der Waals surface area contributed by atoms with Crippen molar-refractivity contribution >= 4 is 18.6 Å². The molecule has 0 spiro atoms. The molecule has 0 fully saturated rings. The van der Waals surface area contributed by atoms with E-state index in [1.807, 2.05) is 11.8 Å². The van der Waals surface area contributed by atoms with Crippen molar-refractivity contribution in [1.29, 1.82) is 0 Å². The molecular weight excluding hydrogens is 407 g/mol. The van der Waals surface area contributed by atoms with Crippen LogP contribution in [0.1, 0.15) is 48.4 Å². The number of aryl methyl sites for hydroxylation is 1. The minimum Gasteiger partial charge on any atom is -0.355 e. The van der Waals surface area contributed by atoms with E-state index >= 15 is 0 Å². The van der Waals surface area contributed by atoms with Crippen LogP contribution in [-0.4, -0.2) is 24.1 Å². The van der Waals surface area contributed by atoms with Crippen LogP contribution in [0, 0.1) is 0 Å². The Bertz CT molecular complexity index is 880. The molecule has 0 bridgehead atoms. The van der Waals surface area contributed by atoms with Crippen molar-refractivity contribution in [2.24, 2.45) is 0 Å². The van der Waals surface area contributed by atoms with Crippen LogP contribution in [0.3, 0.4) is 0 Å². The monoisotopic (exact) mass is 435 g/mol. The number of nitrogens with one attached hydrogen (secondary N) is 1. The summed E-state index contributed by atoms with van der Waals surface area (Å²) in [6.07, 6.45) is -0.520. The van der Waals surface area contributed by atoms with E-state index in [1.165, 1.54) is 28.3 Å². The predicted octanol–water partition coefficient (Wildman–Crippen LogP) is 5.58. The zero-order valence-corrected chi connectivity index (χ0v) is 18.2. The molecule has 162 valence electrons. The molecular formula is C23H28F3N3S. The Morgan fingerprint density at radius 1 is 1.33 bits per heavy atom. The lowest BCUT2D eigenvalue weighted by atomic mass is 9.93. The zero-order valence-electron chi connectivity index (χ0n) is 17.3. The summed E-state index contributed by atoms with van der Waals surface area (Å²) in [7, 11) is 0. The molecule has 0 radical (unpaired) electrons. The molecule has 1 aromatic carbocycles. The first-order chi connectivity index (χ1) is 14.2. The van der Waals surface area contributed by atoms with Crippen LogP contribution in [0.25, 0.3) is 0 Å². The van der Waals surface area contributed by atoms with Crippen LogP contribution in [-0.2, 0) is 19.0 Å². The van der Waals surface area contributed by atoms with Crippen molar-refractivity contribution in [2.75, 3.05) is 18.0 Å². The summed E-state index contributed by atoms with van der Waals surface area (Å²) in [6, 6.07) is 9.19. The van der Waals surface area contributed by atoms with E-state index in [0.717, 1.165) is 31.5 Å². The van der Waals surface area contributed by atoms with Gasteiger partial charge in [-0.25, -0.2) is 4.98 Å². The lowest BCUT2D eigenvalue weighted by Gasteiger charge is -2.27. The van der Waals surface area contributed by atoms with Crippen LogP contribution in [0.2, 0.25) is 0 Å². The zero-order chi connectivity index (χ0) is 21.9. The Morgan fingerprint density at radius 3 is 2.70 bits per heavy atom. The lowest BCUT2D eigenvalue weighted by Crippen LogP contribution is -2.37.